The first-order valence-corrected chi connectivity index (χ1v) is 7.42. The van der Waals surface area contributed by atoms with Crippen LogP contribution in [0.1, 0.15) is 30.8 Å². The second-order valence-corrected chi connectivity index (χ2v) is 5.96. The maximum atomic E-state index is 12.6. The lowest BCUT2D eigenvalue weighted by Gasteiger charge is -2.35. The van der Waals surface area contributed by atoms with Crippen molar-refractivity contribution in [2.24, 2.45) is 13.0 Å². The smallest absolute Gasteiger partial charge is 0.226 e. The van der Waals surface area contributed by atoms with Crippen molar-refractivity contribution in [3.05, 3.63) is 17.0 Å². The molecule has 1 N–H and O–H groups in total. The van der Waals surface area contributed by atoms with Crippen LogP contribution < -0.4 is 5.32 Å². The van der Waals surface area contributed by atoms with Crippen LogP contribution >= 0.6 is 0 Å². The van der Waals surface area contributed by atoms with Gasteiger partial charge in [-0.25, -0.2) is 0 Å². The maximum Gasteiger partial charge on any atom is 0.226 e. The van der Waals surface area contributed by atoms with Gasteiger partial charge in [0.1, 0.15) is 0 Å². The molecule has 1 aliphatic rings. The molecule has 0 aromatic carbocycles. The van der Waals surface area contributed by atoms with Gasteiger partial charge >= 0.3 is 0 Å². The Balaban J connectivity index is 2.07. The van der Waals surface area contributed by atoms with Crippen LogP contribution in [0.5, 0.6) is 0 Å². The second kappa shape index (κ2) is 5.95. The molecule has 1 amide bonds. The predicted octanol–water partition coefficient (Wildman–Crippen LogP) is 1.04. The normalized spacial score (nSPS) is 21.1. The van der Waals surface area contributed by atoms with E-state index in [-0.39, 0.29) is 17.9 Å². The summed E-state index contributed by atoms with van der Waals surface area (Å²) in [6.07, 6.45) is 0.779. The van der Waals surface area contributed by atoms with Crippen molar-refractivity contribution in [2.75, 3.05) is 19.6 Å². The van der Waals surface area contributed by atoms with Crippen molar-refractivity contribution in [3.8, 4) is 0 Å². The number of aryl methyl sites for hydroxylation is 2. The summed E-state index contributed by atoms with van der Waals surface area (Å²) in [7, 11) is 1.96. The molecule has 2 unspecified atom stereocenters. The zero-order valence-electron chi connectivity index (χ0n) is 13.2. The molecule has 1 aliphatic heterocycles. The number of carbonyl (C=O) groups excluding carboxylic acids is 1. The summed E-state index contributed by atoms with van der Waals surface area (Å²) in [4.78, 5) is 14.6. The molecule has 2 heterocycles. The number of nitrogens with one attached hydrogen (secondary N) is 1. The molecule has 112 valence electrons. The summed E-state index contributed by atoms with van der Waals surface area (Å²) >= 11 is 0. The van der Waals surface area contributed by atoms with Gasteiger partial charge in [0.25, 0.3) is 0 Å². The van der Waals surface area contributed by atoms with Crippen molar-refractivity contribution < 1.29 is 4.79 Å². The van der Waals surface area contributed by atoms with Crippen LogP contribution in [0.3, 0.4) is 0 Å². The molecule has 5 nitrogen and oxygen atoms in total. The molecule has 1 aromatic rings. The van der Waals surface area contributed by atoms with E-state index in [2.05, 4.69) is 24.3 Å². The van der Waals surface area contributed by atoms with Crippen LogP contribution in [0.4, 0.5) is 0 Å². The standard InChI is InChI=1S/C15H26N4O/c1-10(8-14-12(3)17-18(5)13(14)4)15(20)19-7-6-16-9-11(19)2/h10-11,16H,6-9H2,1-5H3. The minimum absolute atomic E-state index is 0.0112. The number of hydrogen-bond acceptors (Lipinski definition) is 3. The number of piperazine rings is 1. The fourth-order valence-electron chi connectivity index (χ4n) is 2.96. The van der Waals surface area contributed by atoms with E-state index in [1.165, 1.54) is 5.56 Å². The van der Waals surface area contributed by atoms with E-state index in [0.29, 0.717) is 0 Å². The first-order valence-electron chi connectivity index (χ1n) is 7.42. The van der Waals surface area contributed by atoms with Gasteiger partial charge in [-0.15, -0.1) is 0 Å². The number of nitrogens with zero attached hydrogens (tertiary/aromatic N) is 3. The van der Waals surface area contributed by atoms with Gasteiger partial charge in [-0.05, 0) is 32.8 Å². The summed E-state index contributed by atoms with van der Waals surface area (Å²) in [5, 5.41) is 7.75. The van der Waals surface area contributed by atoms with Crippen LogP contribution in [0, 0.1) is 19.8 Å². The van der Waals surface area contributed by atoms with Crippen LogP contribution in [-0.4, -0.2) is 46.3 Å². The molecule has 2 rings (SSSR count). The summed E-state index contributed by atoms with van der Waals surface area (Å²) in [6, 6.07) is 0.287. The average Bonchev–Trinajstić information content (AvgIpc) is 2.65. The molecule has 2 atom stereocenters. The van der Waals surface area contributed by atoms with Crippen LogP contribution in [0.25, 0.3) is 0 Å². The molecule has 0 bridgehead atoms. The first kappa shape index (κ1) is 15.0. The molecule has 0 spiro atoms. The highest BCUT2D eigenvalue weighted by Crippen LogP contribution is 2.19. The highest BCUT2D eigenvalue weighted by atomic mass is 16.2. The molecule has 5 heteroatoms. The monoisotopic (exact) mass is 278 g/mol. The van der Waals surface area contributed by atoms with Crippen molar-refractivity contribution in [3.63, 3.8) is 0 Å². The maximum absolute atomic E-state index is 12.6. The van der Waals surface area contributed by atoms with E-state index in [4.69, 9.17) is 0 Å². The Bertz CT molecular complexity index is 494. The van der Waals surface area contributed by atoms with Crippen molar-refractivity contribution in [1.29, 1.82) is 0 Å². The van der Waals surface area contributed by atoms with Crippen LogP contribution in [-0.2, 0) is 18.3 Å². The molecule has 1 fully saturated rings. The van der Waals surface area contributed by atoms with Crippen molar-refractivity contribution >= 4 is 5.91 Å². The van der Waals surface area contributed by atoms with Gasteiger partial charge in [0.15, 0.2) is 0 Å². The molecule has 0 radical (unpaired) electrons. The Morgan fingerprint density at radius 3 is 2.75 bits per heavy atom. The van der Waals surface area contributed by atoms with E-state index in [9.17, 15) is 4.79 Å². The average molecular weight is 278 g/mol. The van der Waals surface area contributed by atoms with Gasteiger partial charge in [-0.2, -0.15) is 5.10 Å². The molecular formula is C15H26N4O. The zero-order valence-corrected chi connectivity index (χ0v) is 13.2. The van der Waals surface area contributed by atoms with E-state index < -0.39 is 0 Å². The molecular weight excluding hydrogens is 252 g/mol. The molecule has 1 aromatic heterocycles. The molecule has 1 saturated heterocycles. The van der Waals surface area contributed by atoms with Crippen LogP contribution in [0.2, 0.25) is 0 Å². The van der Waals surface area contributed by atoms with E-state index in [0.717, 1.165) is 37.4 Å². The van der Waals surface area contributed by atoms with Gasteiger partial charge in [-0.1, -0.05) is 6.92 Å². The Morgan fingerprint density at radius 2 is 2.20 bits per heavy atom. The quantitative estimate of drug-likeness (QED) is 0.898. The highest BCUT2D eigenvalue weighted by Gasteiger charge is 2.27. The molecule has 20 heavy (non-hydrogen) atoms. The lowest BCUT2D eigenvalue weighted by molar-refractivity contribution is -0.137. The zero-order chi connectivity index (χ0) is 14.9. The van der Waals surface area contributed by atoms with Gasteiger partial charge in [0.2, 0.25) is 5.91 Å². The highest BCUT2D eigenvalue weighted by molar-refractivity contribution is 5.79. The fraction of sp³-hybridized carbons (Fsp3) is 0.733. The number of amides is 1. The van der Waals surface area contributed by atoms with Gasteiger partial charge in [0, 0.05) is 44.3 Å². The fourth-order valence-corrected chi connectivity index (χ4v) is 2.96. The lowest BCUT2D eigenvalue weighted by atomic mass is 9.97. The number of aromatic nitrogens is 2. The van der Waals surface area contributed by atoms with Crippen LogP contribution in [0.15, 0.2) is 0 Å². The Kier molecular flexibility index (Phi) is 4.48. The first-order chi connectivity index (χ1) is 9.41. The van der Waals surface area contributed by atoms with Gasteiger partial charge < -0.3 is 10.2 Å². The summed E-state index contributed by atoms with van der Waals surface area (Å²) in [6.45, 7) is 10.8. The van der Waals surface area contributed by atoms with Gasteiger partial charge in [0.05, 0.1) is 5.69 Å². The Labute approximate surface area is 121 Å². The van der Waals surface area contributed by atoms with E-state index in [1.807, 2.05) is 30.5 Å². The topological polar surface area (TPSA) is 50.2 Å². The number of hydrogen-bond donors (Lipinski definition) is 1. The molecule has 0 aliphatic carbocycles. The number of carbonyl (C=O) groups is 1. The third-order valence-electron chi connectivity index (χ3n) is 4.38. The van der Waals surface area contributed by atoms with E-state index in [1.54, 1.807) is 0 Å². The molecule has 0 saturated carbocycles. The van der Waals surface area contributed by atoms with E-state index >= 15 is 0 Å². The minimum Gasteiger partial charge on any atom is -0.337 e. The third-order valence-corrected chi connectivity index (χ3v) is 4.38. The van der Waals surface area contributed by atoms with Gasteiger partial charge in [-0.3, -0.25) is 9.48 Å². The lowest BCUT2D eigenvalue weighted by Crippen LogP contribution is -2.53. The van der Waals surface area contributed by atoms with Crippen molar-refractivity contribution in [1.82, 2.24) is 20.0 Å². The summed E-state index contributed by atoms with van der Waals surface area (Å²) in [5.41, 5.74) is 3.42. The summed E-state index contributed by atoms with van der Waals surface area (Å²) < 4.78 is 1.90. The largest absolute Gasteiger partial charge is 0.337 e. The predicted molar refractivity (Wildman–Crippen MR) is 79.6 cm³/mol. The third kappa shape index (κ3) is 2.87. The number of rotatable bonds is 3. The second-order valence-electron chi connectivity index (χ2n) is 5.96. The van der Waals surface area contributed by atoms with Crippen molar-refractivity contribution in [2.45, 2.75) is 40.2 Å². The minimum atomic E-state index is 0.0112. The Hall–Kier alpha value is -1.36. The summed E-state index contributed by atoms with van der Waals surface area (Å²) in [5.74, 6) is 0.277. The SMILES string of the molecule is Cc1nn(C)c(C)c1CC(C)C(=O)N1CCNCC1C. The Morgan fingerprint density at radius 1 is 1.50 bits per heavy atom.